The summed E-state index contributed by atoms with van der Waals surface area (Å²) in [5.74, 6) is -1.12. The predicted molar refractivity (Wildman–Crippen MR) is 115 cm³/mol. The monoisotopic (exact) mass is 437 g/mol. The van der Waals surface area contributed by atoms with Gasteiger partial charge in [0.1, 0.15) is 11.3 Å². The lowest BCUT2D eigenvalue weighted by molar-refractivity contribution is -0.384. The Hall–Kier alpha value is -4.54. The molecule has 10 nitrogen and oxygen atoms in total. The summed E-state index contributed by atoms with van der Waals surface area (Å²) in [5, 5.41) is 13.5. The zero-order chi connectivity index (χ0) is 23.2. The molecule has 162 valence electrons. The molecule has 0 spiro atoms. The minimum Gasteiger partial charge on any atom is -0.344 e. The predicted octanol–water partition coefficient (Wildman–Crippen LogP) is 2.63. The number of non-ortho nitro benzene ring substituents is 1. The third-order valence-corrected chi connectivity index (χ3v) is 5.02. The Morgan fingerprint density at radius 1 is 1.16 bits per heavy atom. The number of rotatable bonds is 4. The van der Waals surface area contributed by atoms with Crippen LogP contribution in [0.4, 0.5) is 15.8 Å². The molecule has 2 heterocycles. The molecule has 11 heteroatoms. The highest BCUT2D eigenvalue weighted by molar-refractivity contribution is 6.12. The van der Waals surface area contributed by atoms with Gasteiger partial charge < -0.3 is 14.9 Å². The maximum absolute atomic E-state index is 13.2. The van der Waals surface area contributed by atoms with E-state index in [0.29, 0.717) is 11.3 Å². The fourth-order valence-corrected chi connectivity index (χ4v) is 3.46. The lowest BCUT2D eigenvalue weighted by atomic mass is 10.1. The van der Waals surface area contributed by atoms with Gasteiger partial charge in [0.25, 0.3) is 17.2 Å². The van der Waals surface area contributed by atoms with Crippen LogP contribution in [0.5, 0.6) is 0 Å². The zero-order valence-electron chi connectivity index (χ0n) is 16.9. The number of halogens is 1. The number of hydrogen-bond donors (Lipinski definition) is 2. The number of carbonyl (C=O) groups excluding carboxylic acids is 1. The maximum Gasteiger partial charge on any atom is 0.333 e. The minimum atomic E-state index is -0.791. The Balaban J connectivity index is 1.79. The van der Waals surface area contributed by atoms with Crippen molar-refractivity contribution in [1.29, 1.82) is 0 Å². The second-order valence-corrected chi connectivity index (χ2v) is 7.13. The summed E-state index contributed by atoms with van der Waals surface area (Å²) in [6.07, 6.45) is 1.40. The van der Waals surface area contributed by atoms with E-state index in [2.05, 4.69) is 10.3 Å². The first-order valence-corrected chi connectivity index (χ1v) is 9.34. The topological polar surface area (TPSA) is 132 Å². The minimum absolute atomic E-state index is 0.0397. The summed E-state index contributed by atoms with van der Waals surface area (Å²) in [6, 6.07) is 8.83. The van der Waals surface area contributed by atoms with Crippen LogP contribution in [0.2, 0.25) is 0 Å². The molecular formula is C21H16FN5O5. The number of hydrogen-bond acceptors (Lipinski definition) is 5. The van der Waals surface area contributed by atoms with Crippen LogP contribution in [0.25, 0.3) is 16.7 Å². The van der Waals surface area contributed by atoms with Gasteiger partial charge in [-0.2, -0.15) is 0 Å². The summed E-state index contributed by atoms with van der Waals surface area (Å²) in [7, 11) is 1.55. The van der Waals surface area contributed by atoms with Gasteiger partial charge in [-0.05, 0) is 42.8 Å². The molecule has 0 unspecified atom stereocenters. The van der Waals surface area contributed by atoms with Crippen LogP contribution >= 0.6 is 0 Å². The normalized spacial score (nSPS) is 11.0. The van der Waals surface area contributed by atoms with Crippen molar-refractivity contribution in [3.05, 3.63) is 96.6 Å². The quantitative estimate of drug-likeness (QED) is 0.374. The first-order valence-electron chi connectivity index (χ1n) is 9.34. The molecule has 32 heavy (non-hydrogen) atoms. The number of aromatic amines is 1. The van der Waals surface area contributed by atoms with E-state index in [1.54, 1.807) is 14.0 Å². The van der Waals surface area contributed by atoms with Gasteiger partial charge in [0, 0.05) is 31.1 Å². The Bertz CT molecular complexity index is 1510. The molecule has 0 aliphatic rings. The van der Waals surface area contributed by atoms with Crippen molar-refractivity contribution in [1.82, 2.24) is 14.1 Å². The molecule has 0 aliphatic heterocycles. The number of carbonyl (C=O) groups is 1. The standard InChI is InChI=1S/C21H16FN5O5/c1-11-9-14(27(31)32)7-8-16(11)23-19(28)15-10-25(2)18-17(15)24-21(30)26(20(18)29)13-5-3-12(22)4-6-13/h3-10H,1-2H3,(H,23,28)(H,24,30). The molecule has 4 rings (SSSR count). The van der Waals surface area contributed by atoms with Crippen LogP contribution < -0.4 is 16.6 Å². The molecule has 0 radical (unpaired) electrons. The molecular weight excluding hydrogens is 421 g/mol. The smallest absolute Gasteiger partial charge is 0.333 e. The number of nitrogens with one attached hydrogen (secondary N) is 2. The number of fused-ring (bicyclic) bond motifs is 1. The highest BCUT2D eigenvalue weighted by Crippen LogP contribution is 2.23. The molecule has 0 bridgehead atoms. The third-order valence-electron chi connectivity index (χ3n) is 5.02. The lowest BCUT2D eigenvalue weighted by Crippen LogP contribution is -2.34. The van der Waals surface area contributed by atoms with Crippen molar-refractivity contribution in [3.8, 4) is 5.69 Å². The fraction of sp³-hybridized carbons (Fsp3) is 0.0952. The van der Waals surface area contributed by atoms with E-state index in [-0.39, 0.29) is 28.0 Å². The van der Waals surface area contributed by atoms with Crippen LogP contribution in [0.15, 0.2) is 58.3 Å². The Morgan fingerprint density at radius 2 is 1.84 bits per heavy atom. The van der Waals surface area contributed by atoms with Crippen LogP contribution in [-0.2, 0) is 7.05 Å². The van der Waals surface area contributed by atoms with Gasteiger partial charge >= 0.3 is 5.69 Å². The van der Waals surface area contributed by atoms with Crippen molar-refractivity contribution >= 4 is 28.3 Å². The van der Waals surface area contributed by atoms with Crippen LogP contribution in [0, 0.1) is 22.9 Å². The fourth-order valence-electron chi connectivity index (χ4n) is 3.46. The maximum atomic E-state index is 13.2. The van der Waals surface area contributed by atoms with E-state index in [1.165, 1.54) is 41.1 Å². The van der Waals surface area contributed by atoms with Crippen molar-refractivity contribution in [2.24, 2.45) is 7.05 Å². The van der Waals surface area contributed by atoms with Gasteiger partial charge in [-0.25, -0.2) is 13.8 Å². The summed E-state index contributed by atoms with van der Waals surface area (Å²) in [5.41, 5.74) is -0.438. The number of nitro benzene ring substituents is 1. The third kappa shape index (κ3) is 3.45. The van der Waals surface area contributed by atoms with Crippen LogP contribution in [0.1, 0.15) is 15.9 Å². The first kappa shape index (κ1) is 20.7. The molecule has 2 N–H and O–H groups in total. The Morgan fingerprint density at radius 3 is 2.47 bits per heavy atom. The molecule has 0 fully saturated rings. The Labute approximate surface area is 178 Å². The van der Waals surface area contributed by atoms with Crippen molar-refractivity contribution < 1.29 is 14.1 Å². The van der Waals surface area contributed by atoms with E-state index in [9.17, 15) is 28.9 Å². The number of benzene rings is 2. The van der Waals surface area contributed by atoms with Gasteiger partial charge in [-0.3, -0.25) is 19.7 Å². The number of nitrogens with zero attached hydrogens (tertiary/aromatic N) is 3. The number of H-pyrrole nitrogens is 1. The largest absolute Gasteiger partial charge is 0.344 e. The molecule has 2 aromatic carbocycles. The molecule has 4 aromatic rings. The van der Waals surface area contributed by atoms with E-state index < -0.39 is 27.9 Å². The van der Waals surface area contributed by atoms with Gasteiger partial charge in [0.05, 0.1) is 21.7 Å². The van der Waals surface area contributed by atoms with Gasteiger partial charge in [0.15, 0.2) is 0 Å². The van der Waals surface area contributed by atoms with Crippen molar-refractivity contribution in [2.75, 3.05) is 5.32 Å². The van der Waals surface area contributed by atoms with Crippen molar-refractivity contribution in [3.63, 3.8) is 0 Å². The molecule has 0 saturated carbocycles. The second kappa shape index (κ2) is 7.61. The highest BCUT2D eigenvalue weighted by atomic mass is 19.1. The summed E-state index contributed by atoms with van der Waals surface area (Å²) in [6.45, 7) is 1.61. The molecule has 1 amide bonds. The van der Waals surface area contributed by atoms with E-state index in [4.69, 9.17) is 0 Å². The second-order valence-electron chi connectivity index (χ2n) is 7.13. The summed E-state index contributed by atoms with van der Waals surface area (Å²) < 4.78 is 15.5. The van der Waals surface area contributed by atoms with Gasteiger partial charge in [-0.1, -0.05) is 0 Å². The number of amides is 1. The van der Waals surface area contributed by atoms with Crippen molar-refractivity contribution in [2.45, 2.75) is 6.92 Å². The average Bonchev–Trinajstić information content (AvgIpc) is 3.07. The lowest BCUT2D eigenvalue weighted by Gasteiger charge is -2.08. The summed E-state index contributed by atoms with van der Waals surface area (Å²) in [4.78, 5) is 51.5. The average molecular weight is 437 g/mol. The van der Waals surface area contributed by atoms with E-state index in [0.717, 1.165) is 16.7 Å². The summed E-state index contributed by atoms with van der Waals surface area (Å²) >= 11 is 0. The Kier molecular flexibility index (Phi) is 4.93. The molecule has 0 atom stereocenters. The number of aromatic nitrogens is 3. The van der Waals surface area contributed by atoms with Gasteiger partial charge in [0.2, 0.25) is 0 Å². The van der Waals surface area contributed by atoms with Gasteiger partial charge in [-0.15, -0.1) is 0 Å². The SMILES string of the molecule is Cc1cc([N+](=O)[O-])ccc1NC(=O)c1cn(C)c2c(=O)n(-c3ccc(F)cc3)c(=O)[nH]c12. The number of nitro groups is 1. The zero-order valence-corrected chi connectivity index (χ0v) is 16.9. The van der Waals surface area contributed by atoms with E-state index in [1.807, 2.05) is 0 Å². The first-order chi connectivity index (χ1) is 15.2. The van der Waals surface area contributed by atoms with Crippen LogP contribution in [-0.4, -0.2) is 24.9 Å². The number of aryl methyl sites for hydroxylation is 2. The molecule has 0 saturated heterocycles. The van der Waals surface area contributed by atoms with Crippen LogP contribution in [0.3, 0.4) is 0 Å². The van der Waals surface area contributed by atoms with E-state index >= 15 is 0 Å². The number of anilines is 1. The highest BCUT2D eigenvalue weighted by Gasteiger charge is 2.21. The molecule has 0 aliphatic carbocycles. The molecule has 2 aromatic heterocycles.